The molecule has 0 radical (unpaired) electrons. The fraction of sp³-hybridized carbons (Fsp3) is 0.242. The van der Waals surface area contributed by atoms with Gasteiger partial charge in [0, 0.05) is 16.5 Å². The highest BCUT2D eigenvalue weighted by molar-refractivity contribution is 9.10. The van der Waals surface area contributed by atoms with Gasteiger partial charge in [0.05, 0.1) is 16.7 Å². The van der Waals surface area contributed by atoms with Crippen molar-refractivity contribution in [2.75, 3.05) is 18.5 Å². The molecule has 4 aromatic rings. The molecule has 2 heterocycles. The molecule has 0 spiro atoms. The Balaban J connectivity index is 1.53. The van der Waals surface area contributed by atoms with Crippen molar-refractivity contribution in [2.24, 2.45) is 0 Å². The van der Waals surface area contributed by atoms with Gasteiger partial charge in [-0.15, -0.1) is 5.10 Å². The summed E-state index contributed by atoms with van der Waals surface area (Å²) in [5.41, 5.74) is 4.92. The lowest BCUT2D eigenvalue weighted by Gasteiger charge is -2.29. The van der Waals surface area contributed by atoms with Crippen LogP contribution in [0.3, 0.4) is 0 Å². The van der Waals surface area contributed by atoms with Gasteiger partial charge in [0.15, 0.2) is 11.5 Å². The van der Waals surface area contributed by atoms with Crippen LogP contribution in [0.5, 0.6) is 11.5 Å². The lowest BCUT2D eigenvalue weighted by atomic mass is 9.95. The fourth-order valence-corrected chi connectivity index (χ4v) is 6.53. The van der Waals surface area contributed by atoms with Gasteiger partial charge in [-0.05, 0) is 71.6 Å². The predicted molar refractivity (Wildman–Crippen MR) is 177 cm³/mol. The summed E-state index contributed by atoms with van der Waals surface area (Å²) < 4.78 is 20.2. The van der Waals surface area contributed by atoms with E-state index in [0.29, 0.717) is 62.3 Å². The normalized spacial score (nSPS) is 14.1. The number of allylic oxidation sites excluding steroid dienone is 1. The Morgan fingerprint density at radius 3 is 2.73 bits per heavy atom. The summed E-state index contributed by atoms with van der Waals surface area (Å²) in [5, 5.41) is 9.29. The number of aryl methyl sites for hydroxylation is 1. The minimum Gasteiger partial charge on any atom is -0.490 e. The second-order valence-corrected chi connectivity index (χ2v) is 12.2. The van der Waals surface area contributed by atoms with Crippen LogP contribution in [0.4, 0.5) is 5.95 Å². The van der Waals surface area contributed by atoms with E-state index in [2.05, 4.69) is 33.9 Å². The van der Waals surface area contributed by atoms with Crippen LogP contribution in [-0.2, 0) is 21.9 Å². The van der Waals surface area contributed by atoms with Crippen molar-refractivity contribution >= 4 is 51.2 Å². The van der Waals surface area contributed by atoms with E-state index in [9.17, 15) is 4.79 Å². The molecule has 0 saturated heterocycles. The predicted octanol–water partition coefficient (Wildman–Crippen LogP) is 8.29. The standard InChI is InChI=1S/C33H32BrClN4O4S/c1-5-14-42-31(40)28-21(4)36-32-37-33(44-19-23-12-7-8-13-26(23)35)38-39(32)29(28)24-16-25(34)30(27(17-24)41-6-2)43-18-22-11-9-10-20(3)15-22/h5,7-13,15-17,29H,1,6,14,18-19H2,2-4H3,(H,36,37,38). The molecule has 11 heteroatoms. The Kier molecular flexibility index (Phi) is 10.3. The molecular formula is C33H32BrClN4O4S. The number of ether oxygens (including phenoxy) is 3. The molecule has 3 aromatic carbocycles. The zero-order chi connectivity index (χ0) is 31.2. The zero-order valence-corrected chi connectivity index (χ0v) is 27.8. The number of esters is 1. The fourth-order valence-electron chi connectivity index (χ4n) is 4.84. The second-order valence-electron chi connectivity index (χ2n) is 10.0. The van der Waals surface area contributed by atoms with Crippen LogP contribution in [-0.4, -0.2) is 33.9 Å². The highest BCUT2D eigenvalue weighted by Crippen LogP contribution is 2.44. The first-order chi connectivity index (χ1) is 21.3. The van der Waals surface area contributed by atoms with Gasteiger partial charge in [0.25, 0.3) is 0 Å². The first kappa shape index (κ1) is 31.7. The van der Waals surface area contributed by atoms with Crippen molar-refractivity contribution in [1.82, 2.24) is 14.8 Å². The molecule has 1 unspecified atom stereocenters. The van der Waals surface area contributed by atoms with Gasteiger partial charge >= 0.3 is 5.97 Å². The van der Waals surface area contributed by atoms with E-state index in [4.69, 9.17) is 35.9 Å². The number of thioether (sulfide) groups is 1. The average Bonchev–Trinajstić information content (AvgIpc) is 3.40. The lowest BCUT2D eigenvalue weighted by Crippen LogP contribution is -2.29. The van der Waals surface area contributed by atoms with Gasteiger partial charge in [-0.25, -0.2) is 9.48 Å². The molecule has 0 fully saturated rings. The number of rotatable bonds is 12. The van der Waals surface area contributed by atoms with Crippen LogP contribution in [0, 0.1) is 6.92 Å². The van der Waals surface area contributed by atoms with Crippen molar-refractivity contribution in [3.05, 3.63) is 116 Å². The largest absolute Gasteiger partial charge is 0.490 e. The van der Waals surface area contributed by atoms with E-state index in [-0.39, 0.29) is 6.61 Å². The number of carbonyl (C=O) groups excluding carboxylic acids is 1. The van der Waals surface area contributed by atoms with Crippen LogP contribution in [0.2, 0.25) is 5.02 Å². The summed E-state index contributed by atoms with van der Waals surface area (Å²) >= 11 is 11.5. The molecule has 228 valence electrons. The molecular weight excluding hydrogens is 664 g/mol. The highest BCUT2D eigenvalue weighted by atomic mass is 79.9. The van der Waals surface area contributed by atoms with Crippen molar-refractivity contribution < 1.29 is 19.0 Å². The number of hydrogen-bond donors (Lipinski definition) is 1. The van der Waals surface area contributed by atoms with Crippen LogP contribution in [0.15, 0.2) is 94.2 Å². The van der Waals surface area contributed by atoms with Gasteiger partial charge in [-0.3, -0.25) is 0 Å². The third-order valence-electron chi connectivity index (χ3n) is 6.81. The van der Waals surface area contributed by atoms with Crippen LogP contribution >= 0.6 is 39.3 Å². The van der Waals surface area contributed by atoms with E-state index >= 15 is 0 Å². The zero-order valence-electron chi connectivity index (χ0n) is 24.6. The summed E-state index contributed by atoms with van der Waals surface area (Å²) in [6.45, 7) is 10.3. The molecule has 44 heavy (non-hydrogen) atoms. The molecule has 1 aliphatic rings. The molecule has 1 aromatic heterocycles. The second kappa shape index (κ2) is 14.4. The minimum atomic E-state index is -0.660. The van der Waals surface area contributed by atoms with E-state index < -0.39 is 12.0 Å². The first-order valence-electron chi connectivity index (χ1n) is 14.0. The molecule has 0 aliphatic carbocycles. The van der Waals surface area contributed by atoms with Gasteiger partial charge in [0.2, 0.25) is 11.1 Å². The number of hydrogen-bond acceptors (Lipinski definition) is 8. The van der Waals surface area contributed by atoms with Gasteiger partial charge in [-0.2, -0.15) is 4.98 Å². The van der Waals surface area contributed by atoms with Gasteiger partial charge in [-0.1, -0.05) is 84.0 Å². The number of benzene rings is 3. The van der Waals surface area contributed by atoms with Crippen LogP contribution < -0.4 is 14.8 Å². The van der Waals surface area contributed by atoms with E-state index in [1.54, 1.807) is 4.68 Å². The highest BCUT2D eigenvalue weighted by Gasteiger charge is 2.36. The maximum absolute atomic E-state index is 13.4. The van der Waals surface area contributed by atoms with Crippen molar-refractivity contribution in [2.45, 2.75) is 44.3 Å². The number of carbonyl (C=O) groups is 1. The van der Waals surface area contributed by atoms with E-state index in [1.807, 2.05) is 75.4 Å². The Labute approximate surface area is 274 Å². The molecule has 1 aliphatic heterocycles. The van der Waals surface area contributed by atoms with E-state index in [1.165, 1.54) is 17.8 Å². The molecule has 8 nitrogen and oxygen atoms in total. The SMILES string of the molecule is C=CCOC(=O)C1=C(C)Nc2nc(SCc3ccccc3Cl)nn2C1c1cc(Br)c(OCc2cccc(C)c2)c(OCC)c1. The Morgan fingerprint density at radius 1 is 1.16 bits per heavy atom. The molecule has 1 N–H and O–H groups in total. The maximum atomic E-state index is 13.4. The number of nitrogens with zero attached hydrogens (tertiary/aromatic N) is 3. The summed E-state index contributed by atoms with van der Waals surface area (Å²) in [6, 6.07) is 19.0. The molecule has 0 saturated carbocycles. The topological polar surface area (TPSA) is 87.5 Å². The van der Waals surface area contributed by atoms with Crippen molar-refractivity contribution in [3.8, 4) is 11.5 Å². The van der Waals surface area contributed by atoms with E-state index in [0.717, 1.165) is 22.3 Å². The third kappa shape index (κ3) is 7.14. The third-order valence-corrected chi connectivity index (χ3v) is 8.66. The lowest BCUT2D eigenvalue weighted by molar-refractivity contribution is -0.138. The monoisotopic (exact) mass is 694 g/mol. The summed E-state index contributed by atoms with van der Waals surface area (Å²) in [6.07, 6.45) is 1.54. The Morgan fingerprint density at radius 2 is 1.98 bits per heavy atom. The molecule has 0 bridgehead atoms. The molecule has 0 amide bonds. The minimum absolute atomic E-state index is 0.0745. The van der Waals surface area contributed by atoms with Crippen molar-refractivity contribution in [1.29, 1.82) is 0 Å². The Bertz CT molecular complexity index is 1720. The van der Waals surface area contributed by atoms with Crippen LogP contribution in [0.1, 0.15) is 42.1 Å². The quantitative estimate of drug-likeness (QED) is 0.0900. The van der Waals surface area contributed by atoms with Gasteiger partial charge in [0.1, 0.15) is 19.3 Å². The summed E-state index contributed by atoms with van der Waals surface area (Å²) in [5.74, 6) is 1.71. The number of anilines is 1. The number of fused-ring (bicyclic) bond motifs is 1. The average molecular weight is 696 g/mol. The van der Waals surface area contributed by atoms with Crippen molar-refractivity contribution in [3.63, 3.8) is 0 Å². The number of aromatic nitrogens is 3. The molecule has 5 rings (SSSR count). The number of halogens is 2. The van der Waals surface area contributed by atoms with Gasteiger partial charge < -0.3 is 19.5 Å². The first-order valence-corrected chi connectivity index (χ1v) is 16.2. The maximum Gasteiger partial charge on any atom is 0.338 e. The summed E-state index contributed by atoms with van der Waals surface area (Å²) in [7, 11) is 0. The molecule has 1 atom stereocenters. The number of nitrogens with one attached hydrogen (secondary N) is 1. The van der Waals surface area contributed by atoms with Crippen LogP contribution in [0.25, 0.3) is 0 Å². The smallest absolute Gasteiger partial charge is 0.338 e. The Hall–Kier alpha value is -3.73. The summed E-state index contributed by atoms with van der Waals surface area (Å²) in [4.78, 5) is 18.2.